The van der Waals surface area contributed by atoms with Crippen LogP contribution in [0.15, 0.2) is 0 Å². The minimum atomic E-state index is -0.899. The monoisotopic (exact) mass is 303 g/mol. The maximum absolute atomic E-state index is 11.3. The molecule has 21 heavy (non-hydrogen) atoms. The number of carbonyl (C=O) groups is 3. The Morgan fingerprint density at radius 3 is 1.95 bits per heavy atom. The number of amides is 1. The fraction of sp³-hybridized carbons (Fsp3) is 0.769. The van der Waals surface area contributed by atoms with E-state index in [0.717, 1.165) is 0 Å². The molecule has 120 valence electrons. The van der Waals surface area contributed by atoms with Crippen LogP contribution in [0, 0.1) is 0 Å². The second-order valence-electron chi connectivity index (χ2n) is 4.82. The fourth-order valence-electron chi connectivity index (χ4n) is 2.27. The molecule has 0 aliphatic carbocycles. The van der Waals surface area contributed by atoms with Crippen molar-refractivity contribution in [2.24, 2.45) is 0 Å². The van der Waals surface area contributed by atoms with Gasteiger partial charge >= 0.3 is 11.9 Å². The summed E-state index contributed by atoms with van der Waals surface area (Å²) < 4.78 is 21.1. The lowest BCUT2D eigenvalue weighted by atomic mass is 9.96. The lowest BCUT2D eigenvalue weighted by Crippen LogP contribution is -2.65. The van der Waals surface area contributed by atoms with Crippen LogP contribution in [-0.2, 0) is 33.3 Å². The first-order chi connectivity index (χ1) is 9.76. The normalized spacial score (nSPS) is 32.1. The first-order valence-electron chi connectivity index (χ1n) is 6.56. The van der Waals surface area contributed by atoms with Gasteiger partial charge in [-0.05, 0) is 6.92 Å². The van der Waals surface area contributed by atoms with E-state index in [1.165, 1.54) is 27.9 Å². The molecule has 0 radical (unpaired) electrons. The third-order valence-corrected chi connectivity index (χ3v) is 2.99. The van der Waals surface area contributed by atoms with Crippen LogP contribution in [0.5, 0.6) is 0 Å². The number of hydrogen-bond acceptors (Lipinski definition) is 7. The minimum absolute atomic E-state index is 0.348. The molecule has 8 heteroatoms. The maximum atomic E-state index is 11.3. The molecular weight excluding hydrogens is 282 g/mol. The molecule has 1 heterocycles. The number of esters is 2. The van der Waals surface area contributed by atoms with Crippen molar-refractivity contribution >= 4 is 17.8 Å². The van der Waals surface area contributed by atoms with E-state index in [1.807, 2.05) is 0 Å². The van der Waals surface area contributed by atoms with E-state index in [2.05, 4.69) is 5.32 Å². The van der Waals surface area contributed by atoms with Gasteiger partial charge in [0.15, 0.2) is 18.5 Å². The van der Waals surface area contributed by atoms with Gasteiger partial charge in [-0.3, -0.25) is 14.4 Å². The van der Waals surface area contributed by atoms with Gasteiger partial charge in [-0.1, -0.05) is 0 Å². The van der Waals surface area contributed by atoms with Gasteiger partial charge < -0.3 is 24.3 Å². The second-order valence-corrected chi connectivity index (χ2v) is 4.82. The zero-order valence-electron chi connectivity index (χ0n) is 12.7. The molecular formula is C13H21NO7. The molecule has 0 aromatic rings. The third-order valence-electron chi connectivity index (χ3n) is 2.99. The van der Waals surface area contributed by atoms with Crippen LogP contribution in [0.1, 0.15) is 27.7 Å². The number of ether oxygens (including phenoxy) is 4. The van der Waals surface area contributed by atoms with Crippen molar-refractivity contribution in [3.8, 4) is 0 Å². The van der Waals surface area contributed by atoms with E-state index in [0.29, 0.717) is 0 Å². The Bertz CT molecular complexity index is 411. The molecule has 1 aliphatic rings. The first kappa shape index (κ1) is 17.4. The predicted octanol–water partition coefficient (Wildman–Crippen LogP) is -0.254. The molecule has 0 aromatic carbocycles. The fourth-order valence-corrected chi connectivity index (χ4v) is 2.27. The van der Waals surface area contributed by atoms with Crippen LogP contribution in [0.4, 0.5) is 0 Å². The Morgan fingerprint density at radius 2 is 1.52 bits per heavy atom. The summed E-state index contributed by atoms with van der Waals surface area (Å²) in [6.45, 7) is 5.46. The number of hydrogen-bond donors (Lipinski definition) is 1. The van der Waals surface area contributed by atoms with E-state index < -0.39 is 42.6 Å². The summed E-state index contributed by atoms with van der Waals surface area (Å²) in [6, 6.07) is -0.781. The average molecular weight is 303 g/mol. The summed E-state index contributed by atoms with van der Waals surface area (Å²) >= 11 is 0. The molecule has 1 fully saturated rings. The maximum Gasteiger partial charge on any atom is 0.303 e. The molecule has 0 unspecified atom stereocenters. The number of rotatable bonds is 4. The standard InChI is InChI=1S/C13H21NO7/c1-6-11(20-8(3)16)12(21-9(4)17)10(14-7(2)15)13(18-5)19-6/h6,10-13H,1-5H3,(H,14,15)/t6-,10-,11-,12-,13+/m1/s1. The number of methoxy groups -OCH3 is 1. The summed E-state index contributed by atoms with van der Waals surface area (Å²) in [7, 11) is 1.41. The molecule has 1 saturated heterocycles. The van der Waals surface area contributed by atoms with Crippen molar-refractivity contribution in [2.45, 2.75) is 58.3 Å². The molecule has 1 aliphatic heterocycles. The van der Waals surface area contributed by atoms with E-state index in [9.17, 15) is 14.4 Å². The van der Waals surface area contributed by atoms with E-state index in [-0.39, 0.29) is 5.91 Å². The Morgan fingerprint density at radius 1 is 1.00 bits per heavy atom. The molecule has 0 spiro atoms. The largest absolute Gasteiger partial charge is 0.456 e. The van der Waals surface area contributed by atoms with Gasteiger partial charge in [-0.25, -0.2) is 0 Å². The first-order valence-corrected chi connectivity index (χ1v) is 6.56. The molecule has 8 nitrogen and oxygen atoms in total. The van der Waals surface area contributed by atoms with Crippen LogP contribution in [0.3, 0.4) is 0 Å². The molecule has 1 amide bonds. The van der Waals surface area contributed by atoms with Gasteiger partial charge in [0, 0.05) is 27.9 Å². The van der Waals surface area contributed by atoms with E-state index in [4.69, 9.17) is 18.9 Å². The van der Waals surface area contributed by atoms with Crippen molar-refractivity contribution in [3.05, 3.63) is 0 Å². The number of carbonyl (C=O) groups excluding carboxylic acids is 3. The molecule has 1 N–H and O–H groups in total. The lowest BCUT2D eigenvalue weighted by molar-refractivity contribution is -0.261. The van der Waals surface area contributed by atoms with Crippen molar-refractivity contribution in [3.63, 3.8) is 0 Å². The van der Waals surface area contributed by atoms with E-state index in [1.54, 1.807) is 6.92 Å². The van der Waals surface area contributed by atoms with Crippen LogP contribution in [-0.4, -0.2) is 55.6 Å². The summed E-state index contributed by atoms with van der Waals surface area (Å²) in [4.78, 5) is 33.9. The van der Waals surface area contributed by atoms with Gasteiger partial charge in [-0.2, -0.15) is 0 Å². The van der Waals surface area contributed by atoms with Crippen molar-refractivity contribution in [1.82, 2.24) is 5.32 Å². The Labute approximate surface area is 123 Å². The SMILES string of the molecule is CO[C@H]1O[C@H](C)[C@@H](OC(C)=O)[C@H](OC(C)=O)[C@H]1NC(C)=O. The zero-order chi connectivity index (χ0) is 16.2. The molecule has 0 aromatic heterocycles. The van der Waals surface area contributed by atoms with Gasteiger partial charge in [0.1, 0.15) is 6.04 Å². The predicted molar refractivity (Wildman–Crippen MR) is 70.1 cm³/mol. The van der Waals surface area contributed by atoms with E-state index >= 15 is 0 Å². The topological polar surface area (TPSA) is 100 Å². The van der Waals surface area contributed by atoms with Gasteiger partial charge in [-0.15, -0.1) is 0 Å². The van der Waals surface area contributed by atoms with Crippen LogP contribution in [0.2, 0.25) is 0 Å². The highest BCUT2D eigenvalue weighted by molar-refractivity contribution is 5.73. The highest BCUT2D eigenvalue weighted by atomic mass is 16.7. The molecule has 0 bridgehead atoms. The highest BCUT2D eigenvalue weighted by Gasteiger charge is 2.48. The summed E-state index contributed by atoms with van der Waals surface area (Å²) in [5.74, 6) is -1.44. The summed E-state index contributed by atoms with van der Waals surface area (Å²) in [5.41, 5.74) is 0. The smallest absolute Gasteiger partial charge is 0.303 e. The van der Waals surface area contributed by atoms with Crippen LogP contribution in [0.25, 0.3) is 0 Å². The Kier molecular flexibility index (Phi) is 6.10. The van der Waals surface area contributed by atoms with Gasteiger partial charge in [0.05, 0.1) is 6.10 Å². The second kappa shape index (κ2) is 7.37. The van der Waals surface area contributed by atoms with Crippen molar-refractivity contribution in [2.75, 3.05) is 7.11 Å². The van der Waals surface area contributed by atoms with Crippen molar-refractivity contribution < 1.29 is 33.3 Å². The minimum Gasteiger partial charge on any atom is -0.456 e. The molecule has 0 saturated carbocycles. The summed E-state index contributed by atoms with van der Waals surface area (Å²) in [5, 5.41) is 2.60. The molecule has 1 rings (SSSR count). The quantitative estimate of drug-likeness (QED) is 0.714. The van der Waals surface area contributed by atoms with Gasteiger partial charge in [0.2, 0.25) is 5.91 Å². The Hall–Kier alpha value is -1.67. The van der Waals surface area contributed by atoms with Gasteiger partial charge in [0.25, 0.3) is 0 Å². The number of nitrogens with one attached hydrogen (secondary N) is 1. The van der Waals surface area contributed by atoms with Crippen LogP contribution < -0.4 is 5.32 Å². The zero-order valence-corrected chi connectivity index (χ0v) is 12.7. The average Bonchev–Trinajstić information content (AvgIpc) is 2.35. The highest BCUT2D eigenvalue weighted by Crippen LogP contribution is 2.26. The Balaban J connectivity index is 3.08. The van der Waals surface area contributed by atoms with Crippen molar-refractivity contribution in [1.29, 1.82) is 0 Å². The molecule has 5 atom stereocenters. The van der Waals surface area contributed by atoms with Crippen LogP contribution >= 0.6 is 0 Å². The lowest BCUT2D eigenvalue weighted by Gasteiger charge is -2.43. The third kappa shape index (κ3) is 4.68. The summed E-state index contributed by atoms with van der Waals surface area (Å²) in [6.07, 6.45) is -3.12.